The van der Waals surface area contributed by atoms with Crippen LogP contribution in [0.15, 0.2) is 18.2 Å². The number of rotatable bonds is 0. The molecule has 9 heavy (non-hydrogen) atoms. The van der Waals surface area contributed by atoms with Crippen LogP contribution in [0, 0.1) is 13.8 Å². The Hall–Kier alpha value is -0.0657. The van der Waals surface area contributed by atoms with Crippen LogP contribution in [0.4, 0.5) is 0 Å². The molecule has 45 valence electrons. The summed E-state index contributed by atoms with van der Waals surface area (Å²) in [7, 11) is 0. The summed E-state index contributed by atoms with van der Waals surface area (Å²) < 4.78 is 1.38. The molecular formula is C8H9Ti. The van der Waals surface area contributed by atoms with Gasteiger partial charge in [-0.1, -0.05) is 0 Å². The Morgan fingerprint density at radius 2 is 1.89 bits per heavy atom. The summed E-state index contributed by atoms with van der Waals surface area (Å²) in [5.41, 5.74) is 2.80. The van der Waals surface area contributed by atoms with E-state index in [-0.39, 0.29) is 0 Å². The van der Waals surface area contributed by atoms with E-state index in [0.717, 1.165) is 0 Å². The maximum atomic E-state index is 2.16. The first-order chi connectivity index (χ1) is 4.22. The first kappa shape index (κ1) is 7.05. The molecule has 1 aromatic rings. The zero-order valence-corrected chi connectivity index (χ0v) is 7.29. The SMILES string of the molecule is Cc1ccc[c]([Ti])c1C. The standard InChI is InChI=1S/C8H9.Ti/c1-7-5-3-4-6-8(7)2;/h3-5H,1-2H3;. The molecule has 0 aliphatic heterocycles. The molecule has 0 saturated carbocycles. The Kier molecular flexibility index (Phi) is 2.10. The van der Waals surface area contributed by atoms with Gasteiger partial charge in [0.2, 0.25) is 0 Å². The second-order valence-corrected chi connectivity index (χ2v) is 3.09. The molecule has 0 aliphatic carbocycles. The van der Waals surface area contributed by atoms with Crippen LogP contribution in [-0.4, -0.2) is 0 Å². The molecule has 1 rings (SSSR count). The van der Waals surface area contributed by atoms with Crippen LogP contribution >= 0.6 is 0 Å². The van der Waals surface area contributed by atoms with Crippen LogP contribution < -0.4 is 3.87 Å². The summed E-state index contributed by atoms with van der Waals surface area (Å²) in [6.45, 7) is 4.30. The van der Waals surface area contributed by atoms with Gasteiger partial charge in [0, 0.05) is 0 Å². The van der Waals surface area contributed by atoms with Crippen molar-refractivity contribution in [3.63, 3.8) is 0 Å². The number of aryl methyl sites for hydroxylation is 1. The van der Waals surface area contributed by atoms with E-state index < -0.39 is 0 Å². The average Bonchev–Trinajstić information content (AvgIpc) is 1.83. The molecule has 0 aliphatic rings. The van der Waals surface area contributed by atoms with Gasteiger partial charge in [0.15, 0.2) is 0 Å². The van der Waals surface area contributed by atoms with Crippen LogP contribution in [-0.2, 0) is 20.4 Å². The van der Waals surface area contributed by atoms with Crippen molar-refractivity contribution in [3.05, 3.63) is 29.3 Å². The van der Waals surface area contributed by atoms with Gasteiger partial charge in [-0.25, -0.2) is 0 Å². The summed E-state index contributed by atoms with van der Waals surface area (Å²) in [5.74, 6) is 0. The Labute approximate surface area is 67.7 Å². The van der Waals surface area contributed by atoms with Crippen molar-refractivity contribution < 1.29 is 20.4 Å². The van der Waals surface area contributed by atoms with E-state index in [1.165, 1.54) is 15.0 Å². The van der Waals surface area contributed by atoms with Crippen molar-refractivity contribution in [3.8, 4) is 0 Å². The topological polar surface area (TPSA) is 0 Å². The van der Waals surface area contributed by atoms with Gasteiger partial charge >= 0.3 is 67.5 Å². The molecule has 0 spiro atoms. The average molecular weight is 153 g/mol. The minimum absolute atomic E-state index is 1.38. The molecule has 0 fully saturated rings. The summed E-state index contributed by atoms with van der Waals surface area (Å²) in [6, 6.07) is 6.38. The van der Waals surface area contributed by atoms with Crippen molar-refractivity contribution in [1.29, 1.82) is 0 Å². The Bertz CT molecular complexity index is 196. The molecule has 0 atom stereocenters. The molecule has 0 heterocycles. The van der Waals surface area contributed by atoms with E-state index in [0.29, 0.717) is 0 Å². The predicted molar refractivity (Wildman–Crippen MR) is 35.5 cm³/mol. The van der Waals surface area contributed by atoms with Gasteiger partial charge in [-0.15, -0.1) is 0 Å². The Balaban J connectivity index is 3.25. The Morgan fingerprint density at radius 1 is 1.22 bits per heavy atom. The van der Waals surface area contributed by atoms with E-state index in [9.17, 15) is 0 Å². The summed E-state index contributed by atoms with van der Waals surface area (Å²) in [6.07, 6.45) is 0. The molecule has 0 unspecified atom stereocenters. The van der Waals surface area contributed by atoms with Crippen LogP contribution in [0.3, 0.4) is 0 Å². The zero-order chi connectivity index (χ0) is 6.85. The predicted octanol–water partition coefficient (Wildman–Crippen LogP) is 1.48. The van der Waals surface area contributed by atoms with Gasteiger partial charge < -0.3 is 0 Å². The molecule has 0 aromatic heterocycles. The van der Waals surface area contributed by atoms with Gasteiger partial charge in [0.05, 0.1) is 0 Å². The van der Waals surface area contributed by atoms with E-state index >= 15 is 0 Å². The zero-order valence-electron chi connectivity index (χ0n) is 5.73. The van der Waals surface area contributed by atoms with E-state index in [4.69, 9.17) is 0 Å². The van der Waals surface area contributed by atoms with Crippen molar-refractivity contribution in [1.82, 2.24) is 0 Å². The van der Waals surface area contributed by atoms with Gasteiger partial charge in [-0.3, -0.25) is 0 Å². The van der Waals surface area contributed by atoms with Crippen molar-refractivity contribution in [2.24, 2.45) is 0 Å². The normalized spacial score (nSPS) is 9.44. The fourth-order valence-electron chi connectivity index (χ4n) is 0.751. The van der Waals surface area contributed by atoms with Crippen LogP contribution in [0.25, 0.3) is 0 Å². The van der Waals surface area contributed by atoms with Gasteiger partial charge in [-0.2, -0.15) is 0 Å². The van der Waals surface area contributed by atoms with Crippen molar-refractivity contribution >= 4 is 3.87 Å². The third kappa shape index (κ3) is 1.44. The van der Waals surface area contributed by atoms with E-state index in [1.54, 1.807) is 0 Å². The second kappa shape index (κ2) is 2.68. The van der Waals surface area contributed by atoms with E-state index in [2.05, 4.69) is 52.5 Å². The maximum absolute atomic E-state index is 2.16. The summed E-state index contributed by atoms with van der Waals surface area (Å²) >= 11 is 2.14. The van der Waals surface area contributed by atoms with Gasteiger partial charge in [0.25, 0.3) is 0 Å². The third-order valence-corrected chi connectivity index (χ3v) is 2.45. The summed E-state index contributed by atoms with van der Waals surface area (Å²) in [5, 5.41) is 0. The molecule has 1 heteroatoms. The monoisotopic (exact) mass is 153 g/mol. The number of hydrogen-bond donors (Lipinski definition) is 0. The van der Waals surface area contributed by atoms with Crippen molar-refractivity contribution in [2.75, 3.05) is 0 Å². The molecule has 0 amide bonds. The molecule has 0 nitrogen and oxygen atoms in total. The summed E-state index contributed by atoms with van der Waals surface area (Å²) in [4.78, 5) is 0. The van der Waals surface area contributed by atoms with Gasteiger partial charge in [0.1, 0.15) is 0 Å². The number of hydrogen-bond acceptors (Lipinski definition) is 0. The molecule has 0 saturated heterocycles. The van der Waals surface area contributed by atoms with Gasteiger partial charge in [-0.05, 0) is 0 Å². The first-order valence-electron chi connectivity index (χ1n) is 2.99. The van der Waals surface area contributed by atoms with Crippen LogP contribution in [0.2, 0.25) is 0 Å². The quantitative estimate of drug-likeness (QED) is 0.495. The van der Waals surface area contributed by atoms with Crippen LogP contribution in [0.1, 0.15) is 11.1 Å². The minimum atomic E-state index is 1.38. The third-order valence-electron chi connectivity index (χ3n) is 1.60. The first-order valence-corrected chi connectivity index (χ1v) is 3.77. The Morgan fingerprint density at radius 3 is 2.33 bits per heavy atom. The second-order valence-electron chi connectivity index (χ2n) is 2.25. The van der Waals surface area contributed by atoms with E-state index in [1.807, 2.05) is 0 Å². The van der Waals surface area contributed by atoms with Crippen LogP contribution in [0.5, 0.6) is 0 Å². The molecule has 0 bridgehead atoms. The molecule has 1 aromatic carbocycles. The molecule has 0 N–H and O–H groups in total. The fourth-order valence-corrected chi connectivity index (χ4v) is 1.21. The fraction of sp³-hybridized carbons (Fsp3) is 0.250. The molecule has 0 radical (unpaired) electrons. The molecular weight excluding hydrogens is 144 g/mol. The number of benzene rings is 1. The van der Waals surface area contributed by atoms with Crippen molar-refractivity contribution in [2.45, 2.75) is 13.8 Å².